The maximum atomic E-state index is 11.9. The average Bonchev–Trinajstić information content (AvgIpc) is 2.56. The molecule has 0 aliphatic carbocycles. The van der Waals surface area contributed by atoms with E-state index in [9.17, 15) is 24.0 Å². The van der Waals surface area contributed by atoms with E-state index in [2.05, 4.69) is 5.32 Å². The predicted octanol–water partition coefficient (Wildman–Crippen LogP) is -0.404. The number of esters is 4. The Kier molecular flexibility index (Phi) is 8.83. The third kappa shape index (κ3) is 7.14. The number of carbonyl (C=O) groups excluding carboxylic acids is 5. The highest BCUT2D eigenvalue weighted by Gasteiger charge is 2.52. The van der Waals surface area contributed by atoms with Gasteiger partial charge in [0.25, 0.3) is 0 Å². The van der Waals surface area contributed by atoms with Crippen LogP contribution >= 0.6 is 0 Å². The summed E-state index contributed by atoms with van der Waals surface area (Å²) in [6, 6.07) is -1.15. The highest BCUT2D eigenvalue weighted by atomic mass is 16.7. The van der Waals surface area contributed by atoms with Crippen LogP contribution in [-0.4, -0.2) is 67.0 Å². The monoisotopic (exact) mass is 403 g/mol. The van der Waals surface area contributed by atoms with Gasteiger partial charge in [0.2, 0.25) is 12.2 Å². The molecule has 1 aliphatic heterocycles. The molecule has 0 aromatic heterocycles. The fourth-order valence-corrected chi connectivity index (χ4v) is 2.61. The van der Waals surface area contributed by atoms with E-state index in [1.165, 1.54) is 6.92 Å². The third-order valence-corrected chi connectivity index (χ3v) is 3.63. The van der Waals surface area contributed by atoms with Crippen molar-refractivity contribution in [3.8, 4) is 0 Å². The Bertz CT molecular complexity index is 619. The Labute approximate surface area is 161 Å². The SMILES string of the molecule is CCC(=O)N[C@@H]1[C@H](OC(C)=O)O[C@@H](COC(C)=O)[C@@H](OC(C)=O)[C@@H]1OC(C)=O. The summed E-state index contributed by atoms with van der Waals surface area (Å²) in [6.45, 7) is 5.78. The Balaban J connectivity index is 3.31. The number of amides is 1. The van der Waals surface area contributed by atoms with Gasteiger partial charge in [-0.25, -0.2) is 0 Å². The van der Waals surface area contributed by atoms with E-state index in [1.54, 1.807) is 6.92 Å². The quantitative estimate of drug-likeness (QED) is 0.440. The first kappa shape index (κ1) is 23.3. The smallest absolute Gasteiger partial charge is 0.305 e. The molecule has 1 amide bonds. The molecular formula is C17H25NO10. The van der Waals surface area contributed by atoms with Gasteiger partial charge >= 0.3 is 23.9 Å². The molecule has 0 bridgehead atoms. The van der Waals surface area contributed by atoms with E-state index in [4.69, 9.17) is 23.7 Å². The molecule has 0 radical (unpaired) electrons. The summed E-state index contributed by atoms with van der Waals surface area (Å²) < 4.78 is 26.1. The van der Waals surface area contributed by atoms with Crippen LogP contribution in [0.2, 0.25) is 0 Å². The lowest BCUT2D eigenvalue weighted by Crippen LogP contribution is -2.66. The number of hydrogen-bond donors (Lipinski definition) is 1. The molecular weight excluding hydrogens is 378 g/mol. The summed E-state index contributed by atoms with van der Waals surface area (Å²) in [4.78, 5) is 57.8. The minimum Gasteiger partial charge on any atom is -0.463 e. The van der Waals surface area contributed by atoms with Crippen LogP contribution in [-0.2, 0) is 47.7 Å². The Hall–Kier alpha value is -2.69. The summed E-state index contributed by atoms with van der Waals surface area (Å²) in [7, 11) is 0. The highest BCUT2D eigenvalue weighted by molar-refractivity contribution is 5.76. The van der Waals surface area contributed by atoms with E-state index in [0.29, 0.717) is 0 Å². The predicted molar refractivity (Wildman–Crippen MR) is 90.4 cm³/mol. The summed E-state index contributed by atoms with van der Waals surface area (Å²) in [5, 5.41) is 2.55. The maximum Gasteiger partial charge on any atom is 0.305 e. The van der Waals surface area contributed by atoms with Gasteiger partial charge in [0.15, 0.2) is 12.2 Å². The van der Waals surface area contributed by atoms with Gasteiger partial charge in [-0.1, -0.05) is 6.92 Å². The maximum absolute atomic E-state index is 11.9. The van der Waals surface area contributed by atoms with Gasteiger partial charge in [0.05, 0.1) is 0 Å². The van der Waals surface area contributed by atoms with E-state index in [1.807, 2.05) is 0 Å². The van der Waals surface area contributed by atoms with Crippen molar-refractivity contribution in [3.63, 3.8) is 0 Å². The number of carbonyl (C=O) groups is 5. The second-order valence-electron chi connectivity index (χ2n) is 6.05. The molecule has 1 N–H and O–H groups in total. The topological polar surface area (TPSA) is 144 Å². The summed E-state index contributed by atoms with van der Waals surface area (Å²) in [6.07, 6.45) is -4.88. The van der Waals surface area contributed by atoms with Crippen molar-refractivity contribution in [3.05, 3.63) is 0 Å². The lowest BCUT2D eigenvalue weighted by molar-refractivity contribution is -0.271. The van der Waals surface area contributed by atoms with Crippen LogP contribution in [0.1, 0.15) is 41.0 Å². The number of ether oxygens (including phenoxy) is 5. The highest BCUT2D eigenvalue weighted by Crippen LogP contribution is 2.28. The molecule has 0 unspecified atom stereocenters. The molecule has 5 atom stereocenters. The zero-order chi connectivity index (χ0) is 21.4. The molecule has 0 saturated carbocycles. The minimum atomic E-state index is -1.37. The molecule has 11 nitrogen and oxygen atoms in total. The van der Waals surface area contributed by atoms with Crippen LogP contribution in [0.4, 0.5) is 0 Å². The van der Waals surface area contributed by atoms with Crippen LogP contribution in [0, 0.1) is 0 Å². The fraction of sp³-hybridized carbons (Fsp3) is 0.706. The molecule has 11 heteroatoms. The van der Waals surface area contributed by atoms with E-state index < -0.39 is 60.4 Å². The minimum absolute atomic E-state index is 0.0885. The number of rotatable bonds is 7. The molecule has 0 spiro atoms. The molecule has 0 aromatic carbocycles. The van der Waals surface area contributed by atoms with Gasteiger partial charge in [-0.3, -0.25) is 24.0 Å². The van der Waals surface area contributed by atoms with Crippen molar-refractivity contribution in [1.82, 2.24) is 5.32 Å². The standard InChI is InChI=1S/C17H25NO10/c1-6-13(23)18-14-16(26-10(4)21)15(25-9(3)20)12(7-24-8(2)19)28-17(14)27-11(5)22/h12,14-17H,6-7H2,1-5H3,(H,18,23)/t12-,14-,15+,16+,17+/m0/s1. The summed E-state index contributed by atoms with van der Waals surface area (Å²) in [5.74, 6) is -3.24. The van der Waals surface area contributed by atoms with E-state index >= 15 is 0 Å². The van der Waals surface area contributed by atoms with Gasteiger partial charge in [-0.2, -0.15) is 0 Å². The van der Waals surface area contributed by atoms with Crippen molar-refractivity contribution in [2.24, 2.45) is 0 Å². The lowest BCUT2D eigenvalue weighted by Gasteiger charge is -2.44. The molecule has 28 heavy (non-hydrogen) atoms. The van der Waals surface area contributed by atoms with Gasteiger partial charge in [0.1, 0.15) is 18.8 Å². The normalized spacial score (nSPS) is 26.5. The van der Waals surface area contributed by atoms with E-state index in [0.717, 1.165) is 20.8 Å². The first-order valence-electron chi connectivity index (χ1n) is 8.65. The molecule has 1 rings (SSSR count). The average molecular weight is 403 g/mol. The van der Waals surface area contributed by atoms with Crippen molar-refractivity contribution in [2.45, 2.75) is 71.7 Å². The Morgan fingerprint density at radius 1 is 0.821 bits per heavy atom. The lowest BCUT2D eigenvalue weighted by atomic mass is 9.96. The van der Waals surface area contributed by atoms with Gasteiger partial charge in [-0.05, 0) is 0 Å². The van der Waals surface area contributed by atoms with Gasteiger partial charge < -0.3 is 29.0 Å². The summed E-state index contributed by atoms with van der Waals surface area (Å²) >= 11 is 0. The van der Waals surface area contributed by atoms with Crippen LogP contribution in [0.5, 0.6) is 0 Å². The van der Waals surface area contributed by atoms with Crippen molar-refractivity contribution in [2.75, 3.05) is 6.61 Å². The third-order valence-electron chi connectivity index (χ3n) is 3.63. The Morgan fingerprint density at radius 3 is 1.82 bits per heavy atom. The molecule has 1 saturated heterocycles. The van der Waals surface area contributed by atoms with Crippen molar-refractivity contribution in [1.29, 1.82) is 0 Å². The van der Waals surface area contributed by atoms with Gasteiger partial charge in [-0.15, -0.1) is 0 Å². The molecule has 1 fully saturated rings. The number of hydrogen-bond acceptors (Lipinski definition) is 10. The van der Waals surface area contributed by atoms with Crippen LogP contribution < -0.4 is 5.32 Å². The number of nitrogens with one attached hydrogen (secondary N) is 1. The van der Waals surface area contributed by atoms with Crippen molar-refractivity contribution >= 4 is 29.8 Å². The zero-order valence-electron chi connectivity index (χ0n) is 16.4. The first-order valence-corrected chi connectivity index (χ1v) is 8.65. The first-order chi connectivity index (χ1) is 13.0. The zero-order valence-corrected chi connectivity index (χ0v) is 16.4. The van der Waals surface area contributed by atoms with E-state index in [-0.39, 0.29) is 13.0 Å². The second-order valence-corrected chi connectivity index (χ2v) is 6.05. The Morgan fingerprint density at radius 2 is 1.36 bits per heavy atom. The molecule has 158 valence electrons. The van der Waals surface area contributed by atoms with Crippen molar-refractivity contribution < 1.29 is 47.7 Å². The van der Waals surface area contributed by atoms with Gasteiger partial charge in [0, 0.05) is 34.1 Å². The largest absolute Gasteiger partial charge is 0.463 e. The van der Waals surface area contributed by atoms with Crippen LogP contribution in [0.25, 0.3) is 0 Å². The molecule has 1 heterocycles. The van der Waals surface area contributed by atoms with Crippen LogP contribution in [0.15, 0.2) is 0 Å². The summed E-state index contributed by atoms with van der Waals surface area (Å²) in [5.41, 5.74) is 0. The molecule has 0 aromatic rings. The fourth-order valence-electron chi connectivity index (χ4n) is 2.61. The molecule has 1 aliphatic rings. The van der Waals surface area contributed by atoms with Crippen LogP contribution in [0.3, 0.4) is 0 Å². The second kappa shape index (κ2) is 10.6.